The molecule has 4 saturated heterocycles. The summed E-state index contributed by atoms with van der Waals surface area (Å²) in [5, 5.41) is 12.9. The van der Waals surface area contributed by atoms with Crippen molar-refractivity contribution < 1.29 is 18.9 Å². The Morgan fingerprint density at radius 3 is 1.23 bits per heavy atom. The van der Waals surface area contributed by atoms with Crippen molar-refractivity contribution in [3.8, 4) is 0 Å². The van der Waals surface area contributed by atoms with Gasteiger partial charge in [0.15, 0.2) is 0 Å². The van der Waals surface area contributed by atoms with Gasteiger partial charge in [0.1, 0.15) is 0 Å². The maximum Gasteiger partial charge on any atom is 0.0819 e. The minimum atomic E-state index is 0.476. The molecule has 0 radical (unpaired) electrons. The van der Waals surface area contributed by atoms with Crippen LogP contribution in [0.1, 0.15) is 38.5 Å². The fourth-order valence-electron chi connectivity index (χ4n) is 3.50. The van der Waals surface area contributed by atoms with Gasteiger partial charge in [-0.15, -0.1) is 0 Å². The summed E-state index contributed by atoms with van der Waals surface area (Å²) in [7, 11) is 7.08. The summed E-state index contributed by atoms with van der Waals surface area (Å²) in [6, 6.07) is 0. The first-order chi connectivity index (χ1) is 14.7. The Bertz CT molecular complexity index is 352. The van der Waals surface area contributed by atoms with E-state index in [2.05, 4.69) is 21.3 Å². The highest BCUT2D eigenvalue weighted by atomic mass is 16.5. The number of hydrogen-bond donors (Lipinski definition) is 4. The number of methoxy groups -OCH3 is 4. The molecule has 4 aliphatic heterocycles. The standard InChI is InChI=1S/C7H15NO.C6H13NO.C5H11NO.C4H9NO/c1-9-7-3-2-5-8-6-4-7;1-8-6-3-2-4-7-5-6;1-7-5-2-3-6-4-5;1-6-4-2-5-3-4/h7-8H,2-6H2,1H3;6-7H,2-5H2,1H3;5-6H,2-4H2,1H3;4-5H,2-3H2,1H3. The number of hydrogen-bond acceptors (Lipinski definition) is 8. The van der Waals surface area contributed by atoms with Crippen LogP contribution in [0.15, 0.2) is 0 Å². The largest absolute Gasteiger partial charge is 0.381 e. The molecule has 30 heavy (non-hydrogen) atoms. The summed E-state index contributed by atoms with van der Waals surface area (Å²) in [6.45, 7) is 8.73. The molecule has 4 heterocycles. The number of piperidine rings is 1. The fourth-order valence-corrected chi connectivity index (χ4v) is 3.50. The second kappa shape index (κ2) is 19.4. The molecule has 3 unspecified atom stereocenters. The molecule has 4 N–H and O–H groups in total. The molecule has 180 valence electrons. The van der Waals surface area contributed by atoms with Gasteiger partial charge < -0.3 is 40.2 Å². The van der Waals surface area contributed by atoms with Gasteiger partial charge in [0.2, 0.25) is 0 Å². The lowest BCUT2D eigenvalue weighted by Crippen LogP contribution is -2.47. The van der Waals surface area contributed by atoms with Crippen LogP contribution in [0, 0.1) is 0 Å². The van der Waals surface area contributed by atoms with Crippen LogP contribution in [-0.2, 0) is 18.9 Å². The van der Waals surface area contributed by atoms with E-state index >= 15 is 0 Å². The average Bonchev–Trinajstić information content (AvgIpc) is 3.16. The van der Waals surface area contributed by atoms with E-state index in [-0.39, 0.29) is 0 Å². The third-order valence-electron chi connectivity index (χ3n) is 5.87. The maximum absolute atomic E-state index is 5.23. The smallest absolute Gasteiger partial charge is 0.0819 e. The molecule has 0 amide bonds. The van der Waals surface area contributed by atoms with Gasteiger partial charge in [0.05, 0.1) is 24.4 Å². The first kappa shape index (κ1) is 27.7. The molecule has 3 atom stereocenters. The van der Waals surface area contributed by atoms with Gasteiger partial charge in [0.25, 0.3) is 0 Å². The zero-order valence-corrected chi connectivity index (χ0v) is 19.8. The van der Waals surface area contributed by atoms with Crippen LogP contribution in [0.5, 0.6) is 0 Å². The van der Waals surface area contributed by atoms with Gasteiger partial charge in [-0.3, -0.25) is 0 Å². The summed E-state index contributed by atoms with van der Waals surface area (Å²) in [5.41, 5.74) is 0. The quantitative estimate of drug-likeness (QED) is 0.518. The Morgan fingerprint density at radius 2 is 0.867 bits per heavy atom. The third kappa shape index (κ3) is 13.9. The molecule has 0 aromatic heterocycles. The SMILES string of the molecule is COC1CCCNC1.COC1CCCNCC1.COC1CCNC1.COC1CNC1. The second-order valence-corrected chi connectivity index (χ2v) is 8.11. The van der Waals surface area contributed by atoms with Crippen LogP contribution in [0.4, 0.5) is 0 Å². The van der Waals surface area contributed by atoms with Gasteiger partial charge in [0, 0.05) is 54.6 Å². The molecular weight excluding hydrogens is 384 g/mol. The van der Waals surface area contributed by atoms with Gasteiger partial charge in [-0.25, -0.2) is 0 Å². The van der Waals surface area contributed by atoms with E-state index in [0.717, 1.165) is 39.3 Å². The van der Waals surface area contributed by atoms with E-state index in [9.17, 15) is 0 Å². The Morgan fingerprint density at radius 1 is 0.433 bits per heavy atom. The van der Waals surface area contributed by atoms with Crippen molar-refractivity contribution in [1.82, 2.24) is 21.3 Å². The summed E-state index contributed by atoms with van der Waals surface area (Å²) in [6.07, 6.45) is 9.31. The van der Waals surface area contributed by atoms with E-state index in [1.807, 2.05) is 0 Å². The first-order valence-corrected chi connectivity index (χ1v) is 11.7. The van der Waals surface area contributed by atoms with Crippen molar-refractivity contribution in [2.24, 2.45) is 0 Å². The third-order valence-corrected chi connectivity index (χ3v) is 5.87. The van der Waals surface area contributed by atoms with Crippen molar-refractivity contribution in [2.45, 2.75) is 62.9 Å². The normalized spacial score (nSPS) is 29.0. The minimum absolute atomic E-state index is 0.476. The highest BCUT2D eigenvalue weighted by Crippen LogP contribution is 2.07. The van der Waals surface area contributed by atoms with Crippen LogP contribution in [0.3, 0.4) is 0 Å². The number of rotatable bonds is 4. The monoisotopic (exact) mass is 432 g/mol. The Balaban J connectivity index is 0.000000202. The molecule has 0 bridgehead atoms. The molecule has 0 aliphatic carbocycles. The van der Waals surface area contributed by atoms with Crippen LogP contribution in [0.2, 0.25) is 0 Å². The summed E-state index contributed by atoms with van der Waals surface area (Å²) in [4.78, 5) is 0. The van der Waals surface area contributed by atoms with Crippen LogP contribution in [0.25, 0.3) is 0 Å². The molecule has 0 spiro atoms. The molecule has 4 aliphatic rings. The zero-order valence-electron chi connectivity index (χ0n) is 19.8. The van der Waals surface area contributed by atoms with Gasteiger partial charge >= 0.3 is 0 Å². The van der Waals surface area contributed by atoms with Crippen molar-refractivity contribution in [3.05, 3.63) is 0 Å². The Kier molecular flexibility index (Phi) is 17.9. The predicted molar refractivity (Wildman–Crippen MR) is 122 cm³/mol. The van der Waals surface area contributed by atoms with Crippen LogP contribution >= 0.6 is 0 Å². The molecule has 4 fully saturated rings. The van der Waals surface area contributed by atoms with E-state index in [1.165, 1.54) is 51.6 Å². The van der Waals surface area contributed by atoms with Crippen molar-refractivity contribution in [2.75, 3.05) is 80.8 Å². The lowest BCUT2D eigenvalue weighted by Gasteiger charge is -2.24. The van der Waals surface area contributed by atoms with Crippen molar-refractivity contribution in [1.29, 1.82) is 0 Å². The average molecular weight is 433 g/mol. The molecular formula is C22H48N4O4. The fraction of sp³-hybridized carbons (Fsp3) is 1.00. The molecule has 4 rings (SSSR count). The zero-order chi connectivity index (χ0) is 21.9. The predicted octanol–water partition coefficient (Wildman–Crippen LogP) is 0.759. The first-order valence-electron chi connectivity index (χ1n) is 11.7. The van der Waals surface area contributed by atoms with Gasteiger partial charge in [-0.1, -0.05) is 0 Å². The highest BCUT2D eigenvalue weighted by molar-refractivity contribution is 4.73. The number of nitrogens with one attached hydrogen (secondary N) is 4. The topological polar surface area (TPSA) is 85.0 Å². The molecule has 0 saturated carbocycles. The van der Waals surface area contributed by atoms with E-state index in [0.29, 0.717) is 24.4 Å². The van der Waals surface area contributed by atoms with Crippen molar-refractivity contribution in [3.63, 3.8) is 0 Å². The second-order valence-electron chi connectivity index (χ2n) is 8.11. The van der Waals surface area contributed by atoms with Crippen molar-refractivity contribution >= 4 is 0 Å². The summed E-state index contributed by atoms with van der Waals surface area (Å²) < 4.78 is 20.3. The Hall–Kier alpha value is -0.320. The number of ether oxygens (including phenoxy) is 4. The van der Waals surface area contributed by atoms with Crippen LogP contribution in [-0.4, -0.2) is 105 Å². The van der Waals surface area contributed by atoms with E-state index < -0.39 is 0 Å². The molecule has 8 heteroatoms. The summed E-state index contributed by atoms with van der Waals surface area (Å²) in [5.74, 6) is 0. The summed E-state index contributed by atoms with van der Waals surface area (Å²) >= 11 is 0. The minimum Gasteiger partial charge on any atom is -0.381 e. The van der Waals surface area contributed by atoms with Crippen LogP contribution < -0.4 is 21.3 Å². The lowest BCUT2D eigenvalue weighted by atomic mass is 10.1. The van der Waals surface area contributed by atoms with E-state index in [4.69, 9.17) is 18.9 Å². The molecule has 8 nitrogen and oxygen atoms in total. The maximum atomic E-state index is 5.23. The highest BCUT2D eigenvalue weighted by Gasteiger charge is 2.14. The lowest BCUT2D eigenvalue weighted by molar-refractivity contribution is 0.0600. The Labute approximate surface area is 184 Å². The van der Waals surface area contributed by atoms with Gasteiger partial charge in [-0.2, -0.15) is 0 Å². The van der Waals surface area contributed by atoms with Gasteiger partial charge in [-0.05, 0) is 64.7 Å². The molecule has 0 aromatic carbocycles. The van der Waals surface area contributed by atoms with E-state index in [1.54, 1.807) is 28.4 Å². The molecule has 0 aromatic rings.